The summed E-state index contributed by atoms with van der Waals surface area (Å²) in [4.78, 5) is 36.4. The number of rotatable bonds is 9. The molecule has 1 saturated carbocycles. The van der Waals surface area contributed by atoms with Gasteiger partial charge in [0.25, 0.3) is 11.8 Å². The molecule has 1 fully saturated rings. The smallest absolute Gasteiger partial charge is 0.255 e. The minimum absolute atomic E-state index is 0.0237. The van der Waals surface area contributed by atoms with Crippen LogP contribution in [0, 0.1) is 5.92 Å². The number of anilines is 1. The van der Waals surface area contributed by atoms with Gasteiger partial charge < -0.3 is 25.4 Å². The number of ether oxygens (including phenoxy) is 2. The van der Waals surface area contributed by atoms with Crippen molar-refractivity contribution in [3.8, 4) is 11.5 Å². The van der Waals surface area contributed by atoms with E-state index >= 15 is 0 Å². The zero-order chi connectivity index (χ0) is 21.5. The summed E-state index contributed by atoms with van der Waals surface area (Å²) in [5.74, 6) is 0.389. The van der Waals surface area contributed by atoms with E-state index in [4.69, 9.17) is 9.47 Å². The average molecular weight is 411 g/mol. The summed E-state index contributed by atoms with van der Waals surface area (Å²) < 4.78 is 10.5. The lowest BCUT2D eigenvalue weighted by atomic mass is 10.1. The fraction of sp³-hybridized carbons (Fsp3) is 0.318. The first-order valence-electron chi connectivity index (χ1n) is 9.71. The molecule has 3 N–H and O–H groups in total. The zero-order valence-electron chi connectivity index (χ0n) is 17.0. The van der Waals surface area contributed by atoms with E-state index in [0.717, 1.165) is 12.8 Å². The largest absolute Gasteiger partial charge is 0.493 e. The van der Waals surface area contributed by atoms with Gasteiger partial charge in [-0.2, -0.15) is 0 Å². The quantitative estimate of drug-likeness (QED) is 0.549. The highest BCUT2D eigenvalue weighted by Gasteiger charge is 2.29. The Morgan fingerprint density at radius 1 is 0.900 bits per heavy atom. The van der Waals surface area contributed by atoms with Crippen molar-refractivity contribution in [1.29, 1.82) is 0 Å². The summed E-state index contributed by atoms with van der Waals surface area (Å²) in [6.07, 6.45) is 1.88. The summed E-state index contributed by atoms with van der Waals surface area (Å²) in [6, 6.07) is 11.7. The molecule has 8 nitrogen and oxygen atoms in total. The highest BCUT2D eigenvalue weighted by atomic mass is 16.5. The van der Waals surface area contributed by atoms with Crippen molar-refractivity contribution in [2.24, 2.45) is 5.92 Å². The van der Waals surface area contributed by atoms with E-state index in [2.05, 4.69) is 16.0 Å². The van der Waals surface area contributed by atoms with Gasteiger partial charge in [-0.25, -0.2) is 0 Å². The predicted molar refractivity (Wildman–Crippen MR) is 112 cm³/mol. The Hall–Kier alpha value is -3.55. The van der Waals surface area contributed by atoms with Gasteiger partial charge in [0.2, 0.25) is 5.91 Å². The van der Waals surface area contributed by atoms with Crippen LogP contribution >= 0.6 is 0 Å². The SMILES string of the molecule is COc1cccc(C(=O)NCCNC(=O)c2ccc(NC(=O)C3CC3)cc2)c1OC. The van der Waals surface area contributed by atoms with Crippen molar-refractivity contribution >= 4 is 23.4 Å². The molecule has 0 saturated heterocycles. The van der Waals surface area contributed by atoms with Gasteiger partial charge in [0.1, 0.15) is 0 Å². The molecule has 1 aliphatic carbocycles. The minimum atomic E-state index is -0.323. The number of para-hydroxylation sites is 1. The van der Waals surface area contributed by atoms with Crippen LogP contribution in [0.15, 0.2) is 42.5 Å². The topological polar surface area (TPSA) is 106 Å². The first kappa shape index (κ1) is 21.2. The molecule has 0 spiro atoms. The van der Waals surface area contributed by atoms with Crippen LogP contribution in [0.2, 0.25) is 0 Å². The Kier molecular flexibility index (Phi) is 6.90. The maximum atomic E-state index is 12.4. The second-order valence-corrected chi connectivity index (χ2v) is 6.89. The Morgan fingerprint density at radius 2 is 1.57 bits per heavy atom. The molecule has 30 heavy (non-hydrogen) atoms. The maximum absolute atomic E-state index is 12.4. The van der Waals surface area contributed by atoms with E-state index in [1.807, 2.05) is 0 Å². The normalized spacial score (nSPS) is 12.6. The van der Waals surface area contributed by atoms with Crippen molar-refractivity contribution in [3.63, 3.8) is 0 Å². The molecule has 2 aromatic carbocycles. The first-order chi connectivity index (χ1) is 14.5. The second kappa shape index (κ2) is 9.78. The third-order valence-electron chi connectivity index (χ3n) is 4.71. The zero-order valence-corrected chi connectivity index (χ0v) is 17.0. The Morgan fingerprint density at radius 3 is 2.17 bits per heavy atom. The molecule has 1 aliphatic rings. The standard InChI is InChI=1S/C22H25N3O5/c1-29-18-5-3-4-17(19(18)30-2)22(28)24-13-12-23-20(26)14-8-10-16(11-9-14)25-21(27)15-6-7-15/h3-5,8-11,15H,6-7,12-13H2,1-2H3,(H,23,26)(H,24,28)(H,25,27). The maximum Gasteiger partial charge on any atom is 0.255 e. The molecule has 0 bridgehead atoms. The van der Waals surface area contributed by atoms with Gasteiger partial charge in [-0.15, -0.1) is 0 Å². The van der Waals surface area contributed by atoms with Crippen LogP contribution < -0.4 is 25.4 Å². The molecule has 0 unspecified atom stereocenters. The van der Waals surface area contributed by atoms with E-state index in [9.17, 15) is 14.4 Å². The van der Waals surface area contributed by atoms with Crippen LogP contribution in [-0.4, -0.2) is 45.0 Å². The molecule has 2 aromatic rings. The number of carbonyl (C=O) groups is 3. The molecule has 0 aliphatic heterocycles. The van der Waals surface area contributed by atoms with Gasteiger partial charge in [0.15, 0.2) is 11.5 Å². The van der Waals surface area contributed by atoms with E-state index < -0.39 is 0 Å². The van der Waals surface area contributed by atoms with E-state index in [-0.39, 0.29) is 36.7 Å². The monoisotopic (exact) mass is 411 g/mol. The minimum Gasteiger partial charge on any atom is -0.493 e. The van der Waals surface area contributed by atoms with Gasteiger partial charge in [-0.3, -0.25) is 14.4 Å². The fourth-order valence-corrected chi connectivity index (χ4v) is 2.91. The Labute approximate surface area is 174 Å². The Bertz CT molecular complexity index is 923. The van der Waals surface area contributed by atoms with Gasteiger partial charge in [0, 0.05) is 30.3 Å². The average Bonchev–Trinajstić information content (AvgIpc) is 3.61. The van der Waals surface area contributed by atoms with Gasteiger partial charge in [-0.05, 0) is 49.2 Å². The van der Waals surface area contributed by atoms with E-state index in [1.54, 1.807) is 42.5 Å². The number of methoxy groups -OCH3 is 2. The lowest BCUT2D eigenvalue weighted by Crippen LogP contribution is -2.34. The molecule has 158 valence electrons. The van der Waals surface area contributed by atoms with Crippen LogP contribution in [-0.2, 0) is 4.79 Å². The predicted octanol–water partition coefficient (Wildman–Crippen LogP) is 2.21. The van der Waals surface area contributed by atoms with Crippen LogP contribution in [0.1, 0.15) is 33.6 Å². The summed E-state index contributed by atoms with van der Waals surface area (Å²) in [5.41, 5.74) is 1.50. The highest BCUT2D eigenvalue weighted by Crippen LogP contribution is 2.31. The van der Waals surface area contributed by atoms with E-state index in [1.165, 1.54) is 14.2 Å². The molecule has 8 heteroatoms. The number of benzene rings is 2. The molecule has 3 rings (SSSR count). The molecule has 0 heterocycles. The van der Waals surface area contributed by atoms with Crippen molar-refractivity contribution < 1.29 is 23.9 Å². The number of hydrogen-bond donors (Lipinski definition) is 3. The second-order valence-electron chi connectivity index (χ2n) is 6.89. The van der Waals surface area contributed by atoms with Crippen molar-refractivity contribution in [3.05, 3.63) is 53.6 Å². The van der Waals surface area contributed by atoms with Gasteiger partial charge in [-0.1, -0.05) is 6.07 Å². The molecule has 0 atom stereocenters. The van der Waals surface area contributed by atoms with Crippen LogP contribution in [0.3, 0.4) is 0 Å². The fourth-order valence-electron chi connectivity index (χ4n) is 2.91. The number of nitrogens with one attached hydrogen (secondary N) is 3. The summed E-state index contributed by atoms with van der Waals surface area (Å²) in [5, 5.41) is 8.32. The summed E-state index contributed by atoms with van der Waals surface area (Å²) in [6.45, 7) is 0.511. The number of amides is 3. The summed E-state index contributed by atoms with van der Waals surface area (Å²) >= 11 is 0. The van der Waals surface area contributed by atoms with Crippen molar-refractivity contribution in [1.82, 2.24) is 10.6 Å². The van der Waals surface area contributed by atoms with Crippen LogP contribution in [0.5, 0.6) is 11.5 Å². The Balaban J connectivity index is 1.45. The molecule has 0 aromatic heterocycles. The van der Waals surface area contributed by atoms with Crippen molar-refractivity contribution in [2.75, 3.05) is 32.6 Å². The number of hydrogen-bond acceptors (Lipinski definition) is 5. The van der Waals surface area contributed by atoms with E-state index in [0.29, 0.717) is 28.3 Å². The molecule has 0 radical (unpaired) electrons. The van der Waals surface area contributed by atoms with Crippen LogP contribution in [0.25, 0.3) is 0 Å². The molecular formula is C22H25N3O5. The first-order valence-corrected chi connectivity index (χ1v) is 9.71. The van der Waals surface area contributed by atoms with Crippen LogP contribution in [0.4, 0.5) is 5.69 Å². The lowest BCUT2D eigenvalue weighted by Gasteiger charge is -2.13. The highest BCUT2D eigenvalue weighted by molar-refractivity contribution is 5.98. The van der Waals surface area contributed by atoms with Gasteiger partial charge >= 0.3 is 0 Å². The third kappa shape index (κ3) is 5.28. The third-order valence-corrected chi connectivity index (χ3v) is 4.71. The van der Waals surface area contributed by atoms with Crippen molar-refractivity contribution in [2.45, 2.75) is 12.8 Å². The molecule has 3 amide bonds. The lowest BCUT2D eigenvalue weighted by molar-refractivity contribution is -0.117. The van der Waals surface area contributed by atoms with Gasteiger partial charge in [0.05, 0.1) is 19.8 Å². The number of carbonyl (C=O) groups excluding carboxylic acids is 3. The molecular weight excluding hydrogens is 386 g/mol. The summed E-state index contributed by atoms with van der Waals surface area (Å²) in [7, 11) is 2.97.